The van der Waals surface area contributed by atoms with E-state index in [2.05, 4.69) is 46.2 Å². The van der Waals surface area contributed by atoms with Crippen LogP contribution in [0.4, 0.5) is 56.9 Å². The van der Waals surface area contributed by atoms with Gasteiger partial charge in [-0.15, -0.1) is 10.2 Å². The first kappa shape index (κ1) is 60.6. The monoisotopic (exact) mass is 1210 g/mol. The van der Waals surface area contributed by atoms with E-state index in [-0.39, 0.29) is 54.3 Å². The number of nitrogens with one attached hydrogen (secondary N) is 1. The zero-order valence-corrected chi connectivity index (χ0v) is 48.1. The van der Waals surface area contributed by atoms with Crippen LogP contribution in [-0.4, -0.2) is 81.7 Å². The normalized spacial score (nSPS) is 12.7. The van der Waals surface area contributed by atoms with E-state index in [4.69, 9.17) is 14.0 Å². The first-order valence-corrected chi connectivity index (χ1v) is 31.0. The van der Waals surface area contributed by atoms with E-state index in [1.807, 2.05) is 30.3 Å². The Morgan fingerprint density at radius 2 is 0.928 bits per heavy atom. The van der Waals surface area contributed by atoms with Crippen molar-refractivity contribution in [2.75, 3.05) is 30.0 Å². The quantitative estimate of drug-likeness (QED) is 0.0209. The highest BCUT2D eigenvalue weighted by molar-refractivity contribution is 7.86. The molecular weight excluding hydrogens is 1150 g/mol. The van der Waals surface area contributed by atoms with Crippen LogP contribution in [-0.2, 0) is 40.5 Å². The molecule has 28 heteroatoms. The Morgan fingerprint density at radius 1 is 0.434 bits per heavy atom. The smallest absolute Gasteiger partial charge is 0.296 e. The van der Waals surface area contributed by atoms with Crippen molar-refractivity contribution in [3.05, 3.63) is 149 Å². The summed E-state index contributed by atoms with van der Waals surface area (Å²) in [6, 6.07) is 32.3. The molecule has 0 spiro atoms. The number of nitrogens with zero attached hydrogens (tertiary/aromatic N) is 8. The molecule has 432 valence electrons. The van der Waals surface area contributed by atoms with Gasteiger partial charge in [0.25, 0.3) is 40.5 Å². The van der Waals surface area contributed by atoms with Gasteiger partial charge in [0.1, 0.15) is 27.8 Å². The SMILES string of the molecule is Cc1cc(N=Nc2cc(OCCCS(=O)(=O)O)c(N=Nc3cc(C)c(N=Nc4c(S(=O)(=O)O)cc5cc(Nc6ccccc6)ccc5c4O)cc3C)cc2C)c(C)cc1N=Nc1ccc2cc(S(=O)(=O)O)cc(OCCCS(=O)(=O)O)c2c1. The van der Waals surface area contributed by atoms with Crippen molar-refractivity contribution in [2.45, 2.75) is 57.3 Å². The Bertz CT molecular complexity index is 4450. The number of benzene rings is 8. The average molecular weight is 1210 g/mol. The second-order valence-corrected chi connectivity index (χ2v) is 25.0. The number of para-hydroxylation sites is 1. The molecule has 0 fully saturated rings. The lowest BCUT2D eigenvalue weighted by Gasteiger charge is -2.12. The Balaban J connectivity index is 1.03. The molecule has 83 heavy (non-hydrogen) atoms. The zero-order valence-electron chi connectivity index (χ0n) is 44.8. The molecule has 0 bridgehead atoms. The summed E-state index contributed by atoms with van der Waals surface area (Å²) in [5.41, 5.74) is 6.46. The lowest BCUT2D eigenvalue weighted by molar-refractivity contribution is 0.317. The summed E-state index contributed by atoms with van der Waals surface area (Å²) in [4.78, 5) is -1.10. The standard InChI is InChI=1S/C55H53N9O15S4/c1-32-22-46(33(2)21-45(32)58-57-41-14-13-37-27-42(82(72,73)74)30-51(44(37)29-41)78-17-9-19-80(66,67)68)59-61-49-31-52(79-18-10-20-81(69,70)71)50(25-36(49)5)63-60-47-23-35(4)48(24-34(47)3)62-64-54-53(83(75,76)77)28-38-26-40(15-16-43(38)55(54)65)56-39-11-7-6-8-12-39/h6-8,11-16,21-31,56,65H,9-10,17-20H2,1-5H3,(H,66,67,68)(H,69,70,71)(H,72,73,74)(H,75,76,77). The molecule has 0 saturated heterocycles. The van der Waals surface area contributed by atoms with Crippen LogP contribution in [0.25, 0.3) is 21.5 Å². The minimum absolute atomic E-state index is 0.0157. The number of azo groups is 4. The summed E-state index contributed by atoms with van der Waals surface area (Å²) >= 11 is 0. The molecule has 8 aromatic carbocycles. The molecule has 6 N–H and O–H groups in total. The number of phenolic OH excluding ortho intramolecular Hbond substituents is 1. The van der Waals surface area contributed by atoms with Crippen molar-refractivity contribution in [3.8, 4) is 17.2 Å². The summed E-state index contributed by atoms with van der Waals surface area (Å²) in [5.74, 6) is -1.49. The number of phenols is 1. The number of aryl methyl sites for hydroxylation is 5. The van der Waals surface area contributed by atoms with Gasteiger partial charge < -0.3 is 19.9 Å². The fraction of sp³-hybridized carbons (Fsp3) is 0.200. The van der Waals surface area contributed by atoms with E-state index < -0.39 is 73.2 Å². The lowest BCUT2D eigenvalue weighted by Crippen LogP contribution is -2.09. The predicted molar refractivity (Wildman–Crippen MR) is 312 cm³/mol. The van der Waals surface area contributed by atoms with Crippen molar-refractivity contribution in [2.24, 2.45) is 40.9 Å². The fourth-order valence-electron chi connectivity index (χ4n) is 8.27. The molecule has 0 heterocycles. The molecule has 0 unspecified atom stereocenters. The van der Waals surface area contributed by atoms with Gasteiger partial charge in [0.05, 0.1) is 63.7 Å². The summed E-state index contributed by atoms with van der Waals surface area (Å²) < 4.78 is 145. The molecule has 8 aromatic rings. The summed E-state index contributed by atoms with van der Waals surface area (Å²) in [6.45, 7) is 8.41. The van der Waals surface area contributed by atoms with Crippen LogP contribution in [0.3, 0.4) is 0 Å². The van der Waals surface area contributed by atoms with Gasteiger partial charge in [0.2, 0.25) is 0 Å². The number of rotatable bonds is 22. The number of ether oxygens (including phenoxy) is 2. The maximum absolute atomic E-state index is 12.7. The summed E-state index contributed by atoms with van der Waals surface area (Å²) in [7, 11) is -18.1. The molecule has 0 saturated carbocycles. The maximum Gasteiger partial charge on any atom is 0.296 e. The van der Waals surface area contributed by atoms with Crippen LogP contribution in [0.1, 0.15) is 40.7 Å². The summed E-state index contributed by atoms with van der Waals surface area (Å²) in [6.07, 6.45) is -0.172. The van der Waals surface area contributed by atoms with Gasteiger partial charge >= 0.3 is 0 Å². The minimum Gasteiger partial charge on any atom is -0.505 e. The Labute approximate surface area is 477 Å². The van der Waals surface area contributed by atoms with E-state index in [1.54, 1.807) is 107 Å². The highest BCUT2D eigenvalue weighted by atomic mass is 32.2. The van der Waals surface area contributed by atoms with Crippen LogP contribution in [0.15, 0.2) is 172 Å². The molecular formula is C55H53N9O15S4. The second-order valence-electron chi connectivity index (χ2n) is 19.0. The van der Waals surface area contributed by atoms with E-state index in [0.29, 0.717) is 78.1 Å². The van der Waals surface area contributed by atoms with Crippen molar-refractivity contribution in [3.63, 3.8) is 0 Å². The van der Waals surface area contributed by atoms with E-state index >= 15 is 0 Å². The average Bonchev–Trinajstić information content (AvgIpc) is 3.11. The van der Waals surface area contributed by atoms with Gasteiger partial charge in [-0.25, -0.2) is 0 Å². The third-order valence-electron chi connectivity index (χ3n) is 12.5. The highest BCUT2D eigenvalue weighted by Gasteiger charge is 2.23. The highest BCUT2D eigenvalue weighted by Crippen LogP contribution is 2.44. The van der Waals surface area contributed by atoms with E-state index in [1.165, 1.54) is 12.1 Å². The van der Waals surface area contributed by atoms with Crippen LogP contribution in [0.5, 0.6) is 17.2 Å². The number of aromatic hydroxyl groups is 1. The van der Waals surface area contributed by atoms with Crippen LogP contribution < -0.4 is 14.8 Å². The largest absolute Gasteiger partial charge is 0.505 e. The number of fused-ring (bicyclic) bond motifs is 2. The van der Waals surface area contributed by atoms with Gasteiger partial charge in [-0.2, -0.15) is 64.4 Å². The molecule has 0 atom stereocenters. The lowest BCUT2D eigenvalue weighted by atomic mass is 10.1. The second kappa shape index (κ2) is 24.9. The van der Waals surface area contributed by atoms with Crippen molar-refractivity contribution < 1.29 is 66.5 Å². The molecule has 8 rings (SSSR count). The third-order valence-corrected chi connectivity index (χ3v) is 15.8. The first-order valence-electron chi connectivity index (χ1n) is 24.9. The van der Waals surface area contributed by atoms with Gasteiger partial charge in [0.15, 0.2) is 5.75 Å². The zero-order chi connectivity index (χ0) is 60.0. The minimum atomic E-state index is -4.91. The van der Waals surface area contributed by atoms with Gasteiger partial charge in [-0.1, -0.05) is 24.3 Å². The molecule has 0 amide bonds. The third kappa shape index (κ3) is 16.0. The van der Waals surface area contributed by atoms with Crippen LogP contribution in [0, 0.1) is 34.6 Å². The predicted octanol–water partition coefficient (Wildman–Crippen LogP) is 14.5. The number of hydrogen-bond acceptors (Lipinski definition) is 20. The van der Waals surface area contributed by atoms with Gasteiger partial charge in [0, 0.05) is 34.3 Å². The molecule has 0 radical (unpaired) electrons. The van der Waals surface area contributed by atoms with Crippen molar-refractivity contribution >= 4 is 119 Å². The van der Waals surface area contributed by atoms with Gasteiger partial charge in [-0.05, 0) is 171 Å². The topological polar surface area (TPSA) is 367 Å². The Morgan fingerprint density at radius 3 is 1.46 bits per heavy atom. The fourth-order valence-corrected chi connectivity index (χ4v) is 10.4. The molecule has 0 aromatic heterocycles. The molecule has 0 aliphatic rings. The Hall–Kier alpha value is -8.48. The van der Waals surface area contributed by atoms with Crippen molar-refractivity contribution in [1.82, 2.24) is 0 Å². The van der Waals surface area contributed by atoms with Crippen molar-refractivity contribution in [1.29, 1.82) is 0 Å². The summed E-state index contributed by atoms with van der Waals surface area (Å²) in [5, 5.41) is 51.0. The molecule has 0 aliphatic heterocycles. The number of hydrogen-bond donors (Lipinski definition) is 6. The first-order chi connectivity index (χ1) is 39.1. The van der Waals surface area contributed by atoms with Gasteiger partial charge in [-0.3, -0.25) is 18.2 Å². The molecule has 24 nitrogen and oxygen atoms in total. The Kier molecular flexibility index (Phi) is 18.2. The van der Waals surface area contributed by atoms with Crippen LogP contribution >= 0.6 is 0 Å². The van der Waals surface area contributed by atoms with E-state index in [0.717, 1.165) is 11.8 Å². The van der Waals surface area contributed by atoms with E-state index in [9.17, 15) is 52.4 Å². The maximum atomic E-state index is 12.7. The molecule has 0 aliphatic carbocycles. The van der Waals surface area contributed by atoms with Crippen LogP contribution in [0.2, 0.25) is 0 Å². The number of anilines is 2.